The maximum Gasteiger partial charge on any atom is 0.262 e. The average Bonchev–Trinajstić information content (AvgIpc) is 3.23. The Kier molecular flexibility index (Phi) is 5.53. The van der Waals surface area contributed by atoms with Crippen LogP contribution in [0.25, 0.3) is 10.9 Å². The zero-order chi connectivity index (χ0) is 21.3. The number of rotatable bonds is 5. The van der Waals surface area contributed by atoms with Crippen LogP contribution in [0.2, 0.25) is 5.02 Å². The summed E-state index contributed by atoms with van der Waals surface area (Å²) in [5, 5.41) is 16.7. The number of nitriles is 1. The molecule has 4 rings (SSSR count). The normalized spacial score (nSPS) is 17.0. The first-order chi connectivity index (χ1) is 14.5. The summed E-state index contributed by atoms with van der Waals surface area (Å²) in [5.41, 5.74) is 6.30. The summed E-state index contributed by atoms with van der Waals surface area (Å²) in [7, 11) is 0. The minimum absolute atomic E-state index is 0.0925. The average molecular weight is 425 g/mol. The smallest absolute Gasteiger partial charge is 0.262 e. The predicted molar refractivity (Wildman–Crippen MR) is 115 cm³/mol. The van der Waals surface area contributed by atoms with Gasteiger partial charge in [-0.15, -0.1) is 0 Å². The highest BCUT2D eigenvalue weighted by Crippen LogP contribution is 2.25. The van der Waals surface area contributed by atoms with Gasteiger partial charge in [0.1, 0.15) is 35.4 Å². The van der Waals surface area contributed by atoms with Crippen LogP contribution in [-0.4, -0.2) is 32.6 Å². The lowest BCUT2D eigenvalue weighted by molar-refractivity contribution is 0.450. The molecule has 1 aromatic carbocycles. The molecule has 154 valence electrons. The molecule has 0 saturated carbocycles. The highest BCUT2D eigenvalue weighted by atomic mass is 35.5. The Bertz CT molecular complexity index is 1200. The van der Waals surface area contributed by atoms with Crippen LogP contribution in [0.1, 0.15) is 30.8 Å². The third-order valence-corrected chi connectivity index (χ3v) is 5.61. The standard InChI is InChI=1S/C20H21ClN8O/c1-11(27-18-13(7-22)17(23)25-10-26-18)19-28-15-4-2-3-14(21)16(15)20(30)29(19)9-12-5-6-24-8-12/h2-4,10-12,24H,5-6,8-9H2,1H3,(H3,23,25,26,27)/t11-,12?/m0/s1. The highest BCUT2D eigenvalue weighted by Gasteiger charge is 2.23. The molecule has 30 heavy (non-hydrogen) atoms. The van der Waals surface area contributed by atoms with Crippen LogP contribution in [-0.2, 0) is 6.54 Å². The lowest BCUT2D eigenvalue weighted by Crippen LogP contribution is -2.32. The molecule has 0 bridgehead atoms. The number of hydrogen-bond acceptors (Lipinski definition) is 8. The molecule has 4 N–H and O–H groups in total. The van der Waals surface area contributed by atoms with E-state index < -0.39 is 6.04 Å². The molecule has 0 aliphatic carbocycles. The molecule has 1 unspecified atom stereocenters. The Hall–Kier alpha value is -3.22. The number of nitrogen functional groups attached to an aromatic ring is 1. The monoisotopic (exact) mass is 424 g/mol. The molecular formula is C20H21ClN8O. The number of anilines is 2. The number of nitrogens with zero attached hydrogens (tertiary/aromatic N) is 5. The van der Waals surface area contributed by atoms with Crippen molar-refractivity contribution in [1.29, 1.82) is 5.26 Å². The summed E-state index contributed by atoms with van der Waals surface area (Å²) in [5.74, 6) is 1.25. The van der Waals surface area contributed by atoms with Crippen molar-refractivity contribution >= 4 is 34.1 Å². The molecule has 1 saturated heterocycles. The van der Waals surface area contributed by atoms with E-state index >= 15 is 0 Å². The van der Waals surface area contributed by atoms with Crippen molar-refractivity contribution in [3.8, 4) is 6.07 Å². The van der Waals surface area contributed by atoms with Gasteiger partial charge in [-0.2, -0.15) is 5.26 Å². The van der Waals surface area contributed by atoms with Crippen LogP contribution in [0.3, 0.4) is 0 Å². The van der Waals surface area contributed by atoms with Crippen molar-refractivity contribution in [2.45, 2.75) is 25.9 Å². The van der Waals surface area contributed by atoms with Crippen LogP contribution in [0, 0.1) is 17.2 Å². The van der Waals surface area contributed by atoms with Gasteiger partial charge in [-0.25, -0.2) is 15.0 Å². The predicted octanol–water partition coefficient (Wildman–Crippen LogP) is 2.08. The summed E-state index contributed by atoms with van der Waals surface area (Å²) in [6.07, 6.45) is 2.27. The van der Waals surface area contributed by atoms with Crippen molar-refractivity contribution in [3.05, 3.63) is 51.3 Å². The molecule has 1 aliphatic rings. The Balaban J connectivity index is 1.81. The molecule has 10 heteroatoms. The van der Waals surface area contributed by atoms with E-state index in [4.69, 9.17) is 22.3 Å². The Morgan fingerprint density at radius 1 is 1.47 bits per heavy atom. The van der Waals surface area contributed by atoms with E-state index in [1.165, 1.54) is 6.33 Å². The fourth-order valence-corrected chi connectivity index (χ4v) is 4.01. The lowest BCUT2D eigenvalue weighted by atomic mass is 10.1. The topological polar surface area (TPSA) is 135 Å². The van der Waals surface area contributed by atoms with Crippen LogP contribution in [0.4, 0.5) is 11.6 Å². The first-order valence-electron chi connectivity index (χ1n) is 9.66. The van der Waals surface area contributed by atoms with Crippen LogP contribution in [0.5, 0.6) is 0 Å². The lowest BCUT2D eigenvalue weighted by Gasteiger charge is -2.22. The van der Waals surface area contributed by atoms with Gasteiger partial charge >= 0.3 is 0 Å². The van der Waals surface area contributed by atoms with E-state index in [9.17, 15) is 10.1 Å². The third-order valence-electron chi connectivity index (χ3n) is 5.29. The summed E-state index contributed by atoms with van der Waals surface area (Å²) < 4.78 is 1.68. The maximum atomic E-state index is 13.4. The largest absolute Gasteiger partial charge is 0.382 e. The van der Waals surface area contributed by atoms with Gasteiger partial charge in [0.2, 0.25) is 0 Å². The zero-order valence-corrected chi connectivity index (χ0v) is 17.1. The van der Waals surface area contributed by atoms with Crippen molar-refractivity contribution in [2.75, 3.05) is 24.1 Å². The number of halogens is 1. The number of fused-ring (bicyclic) bond motifs is 1. The molecule has 0 amide bonds. The van der Waals surface area contributed by atoms with Gasteiger partial charge in [0.15, 0.2) is 0 Å². The van der Waals surface area contributed by atoms with Gasteiger partial charge in [-0.1, -0.05) is 17.7 Å². The fourth-order valence-electron chi connectivity index (χ4n) is 3.76. The molecule has 3 heterocycles. The second-order valence-electron chi connectivity index (χ2n) is 7.34. The maximum absolute atomic E-state index is 13.4. The van der Waals surface area contributed by atoms with Gasteiger partial charge in [0.25, 0.3) is 5.56 Å². The van der Waals surface area contributed by atoms with Gasteiger partial charge in [-0.05, 0) is 44.5 Å². The van der Waals surface area contributed by atoms with E-state index in [1.807, 2.05) is 13.0 Å². The molecular weight excluding hydrogens is 404 g/mol. The quantitative estimate of drug-likeness (QED) is 0.566. The number of benzene rings is 1. The molecule has 3 aromatic rings. The zero-order valence-electron chi connectivity index (χ0n) is 16.4. The van der Waals surface area contributed by atoms with E-state index in [0.29, 0.717) is 40.0 Å². The van der Waals surface area contributed by atoms with Gasteiger partial charge in [0.05, 0.1) is 22.0 Å². The van der Waals surface area contributed by atoms with Crippen molar-refractivity contribution in [1.82, 2.24) is 24.8 Å². The van der Waals surface area contributed by atoms with Gasteiger partial charge in [0, 0.05) is 6.54 Å². The van der Waals surface area contributed by atoms with Crippen LogP contribution in [0.15, 0.2) is 29.3 Å². The number of aromatic nitrogens is 4. The summed E-state index contributed by atoms with van der Waals surface area (Å²) in [4.78, 5) is 26.1. The summed E-state index contributed by atoms with van der Waals surface area (Å²) in [6, 6.07) is 6.82. The Labute approximate surface area is 177 Å². The molecule has 0 spiro atoms. The van der Waals surface area contributed by atoms with E-state index in [2.05, 4.69) is 20.6 Å². The Morgan fingerprint density at radius 3 is 3.03 bits per heavy atom. The molecule has 2 aromatic heterocycles. The van der Waals surface area contributed by atoms with Crippen LogP contribution >= 0.6 is 11.6 Å². The van der Waals surface area contributed by atoms with Crippen LogP contribution < -0.4 is 21.9 Å². The number of nitrogens with two attached hydrogens (primary N) is 1. The summed E-state index contributed by atoms with van der Waals surface area (Å²) in [6.45, 7) is 4.16. The van der Waals surface area contributed by atoms with Crippen molar-refractivity contribution < 1.29 is 0 Å². The van der Waals surface area contributed by atoms with E-state index in [1.54, 1.807) is 22.8 Å². The number of hydrogen-bond donors (Lipinski definition) is 3. The van der Waals surface area contributed by atoms with Crippen molar-refractivity contribution in [2.24, 2.45) is 5.92 Å². The summed E-state index contributed by atoms with van der Waals surface area (Å²) >= 11 is 6.32. The Morgan fingerprint density at radius 2 is 2.30 bits per heavy atom. The minimum Gasteiger partial charge on any atom is -0.382 e. The minimum atomic E-state index is -0.420. The SMILES string of the molecule is C[C@H](Nc1ncnc(N)c1C#N)c1nc2cccc(Cl)c2c(=O)n1CC1CCNC1. The highest BCUT2D eigenvalue weighted by molar-refractivity contribution is 6.35. The van der Waals surface area contributed by atoms with Gasteiger partial charge < -0.3 is 16.4 Å². The van der Waals surface area contributed by atoms with Gasteiger partial charge in [-0.3, -0.25) is 9.36 Å². The third kappa shape index (κ3) is 3.67. The molecule has 1 fully saturated rings. The van der Waals surface area contributed by atoms with Crippen molar-refractivity contribution in [3.63, 3.8) is 0 Å². The molecule has 1 aliphatic heterocycles. The van der Waals surface area contributed by atoms with E-state index in [0.717, 1.165) is 19.5 Å². The first-order valence-corrected chi connectivity index (χ1v) is 10.0. The molecule has 2 atom stereocenters. The van der Waals surface area contributed by atoms with E-state index in [-0.39, 0.29) is 16.9 Å². The fraction of sp³-hybridized carbons (Fsp3) is 0.350. The second-order valence-corrected chi connectivity index (χ2v) is 7.75. The first kappa shape index (κ1) is 20.1. The number of nitrogens with one attached hydrogen (secondary N) is 2. The molecule has 9 nitrogen and oxygen atoms in total. The molecule has 0 radical (unpaired) electrons. The second kappa shape index (κ2) is 8.26.